The Morgan fingerprint density at radius 1 is 1.61 bits per heavy atom. The Kier molecular flexibility index (Phi) is 3.61. The molecule has 2 atom stereocenters. The second-order valence-corrected chi connectivity index (χ2v) is 5.77. The van der Waals surface area contributed by atoms with Crippen LogP contribution in [0.1, 0.15) is 39.5 Å². The molecule has 1 saturated carbocycles. The molecule has 1 heterocycles. The average molecular weight is 253 g/mol. The van der Waals surface area contributed by atoms with Gasteiger partial charge in [-0.3, -0.25) is 0 Å². The van der Waals surface area contributed by atoms with Crippen molar-refractivity contribution in [1.29, 1.82) is 0 Å². The highest BCUT2D eigenvalue weighted by Gasteiger charge is 2.50. The lowest BCUT2D eigenvalue weighted by molar-refractivity contribution is 0.0203. The summed E-state index contributed by atoms with van der Waals surface area (Å²) in [4.78, 5) is 17.9. The van der Waals surface area contributed by atoms with Crippen molar-refractivity contribution in [3.05, 3.63) is 0 Å². The molecule has 102 valence electrons. The summed E-state index contributed by atoms with van der Waals surface area (Å²) in [5.74, 6) is 0.893. The SMILES string of the molecule is COC1CCCC2(C1)C(N)=NC(=O)N2CC(C)C. The molecule has 2 amide bonds. The Hall–Kier alpha value is -1.10. The fraction of sp³-hybridized carbons (Fsp3) is 0.846. The van der Waals surface area contributed by atoms with Crippen molar-refractivity contribution in [2.75, 3.05) is 13.7 Å². The van der Waals surface area contributed by atoms with Crippen molar-refractivity contribution in [2.45, 2.75) is 51.2 Å². The molecule has 2 N–H and O–H groups in total. The molecule has 0 bridgehead atoms. The Labute approximate surface area is 108 Å². The third-order valence-corrected chi connectivity index (χ3v) is 4.00. The maximum Gasteiger partial charge on any atom is 0.346 e. The van der Waals surface area contributed by atoms with Gasteiger partial charge in [0.15, 0.2) is 0 Å². The minimum Gasteiger partial charge on any atom is -0.385 e. The number of ether oxygens (including phenoxy) is 1. The zero-order chi connectivity index (χ0) is 13.3. The molecule has 0 aromatic rings. The van der Waals surface area contributed by atoms with E-state index in [0.717, 1.165) is 25.7 Å². The molecule has 2 aliphatic rings. The molecule has 2 unspecified atom stereocenters. The zero-order valence-corrected chi connectivity index (χ0v) is 11.5. The number of hydrogen-bond donors (Lipinski definition) is 1. The first-order valence-electron chi connectivity index (χ1n) is 6.68. The number of carbonyl (C=O) groups is 1. The molecule has 5 nitrogen and oxygen atoms in total. The summed E-state index contributed by atoms with van der Waals surface area (Å²) < 4.78 is 5.47. The van der Waals surface area contributed by atoms with E-state index < -0.39 is 0 Å². The Bertz CT molecular complexity index is 367. The lowest BCUT2D eigenvalue weighted by Crippen LogP contribution is -2.58. The molecule has 5 heteroatoms. The second kappa shape index (κ2) is 4.88. The third-order valence-electron chi connectivity index (χ3n) is 4.00. The van der Waals surface area contributed by atoms with Crippen molar-refractivity contribution in [1.82, 2.24) is 4.90 Å². The number of nitrogens with zero attached hydrogens (tertiary/aromatic N) is 2. The maximum atomic E-state index is 12.0. The summed E-state index contributed by atoms with van der Waals surface area (Å²) in [7, 11) is 1.72. The zero-order valence-electron chi connectivity index (χ0n) is 11.5. The van der Waals surface area contributed by atoms with E-state index in [4.69, 9.17) is 10.5 Å². The fourth-order valence-electron chi connectivity index (χ4n) is 3.09. The maximum absolute atomic E-state index is 12.0. The van der Waals surface area contributed by atoms with Gasteiger partial charge in [-0.15, -0.1) is 0 Å². The first-order valence-corrected chi connectivity index (χ1v) is 6.68. The third kappa shape index (κ3) is 2.11. The second-order valence-electron chi connectivity index (χ2n) is 5.77. The summed E-state index contributed by atoms with van der Waals surface area (Å²) in [6.07, 6.45) is 3.91. The van der Waals surface area contributed by atoms with Crippen LogP contribution in [0.15, 0.2) is 4.99 Å². The van der Waals surface area contributed by atoms with E-state index in [9.17, 15) is 4.79 Å². The van der Waals surface area contributed by atoms with Crippen LogP contribution < -0.4 is 5.73 Å². The molecule has 2 rings (SSSR count). The largest absolute Gasteiger partial charge is 0.385 e. The number of amidine groups is 1. The predicted molar refractivity (Wildman–Crippen MR) is 70.6 cm³/mol. The molecule has 1 fully saturated rings. The van der Waals surface area contributed by atoms with Crippen molar-refractivity contribution in [3.63, 3.8) is 0 Å². The van der Waals surface area contributed by atoms with Gasteiger partial charge in [-0.2, -0.15) is 4.99 Å². The monoisotopic (exact) mass is 253 g/mol. The summed E-state index contributed by atoms with van der Waals surface area (Å²) in [5, 5.41) is 0. The number of amides is 2. The molecule has 0 aromatic heterocycles. The van der Waals surface area contributed by atoms with Gasteiger partial charge in [-0.1, -0.05) is 13.8 Å². The van der Waals surface area contributed by atoms with Gasteiger partial charge in [0.2, 0.25) is 0 Å². The van der Waals surface area contributed by atoms with Crippen LogP contribution in [-0.4, -0.2) is 42.1 Å². The molecule has 18 heavy (non-hydrogen) atoms. The van der Waals surface area contributed by atoms with Gasteiger partial charge in [0.05, 0.1) is 6.10 Å². The highest BCUT2D eigenvalue weighted by Crippen LogP contribution is 2.39. The van der Waals surface area contributed by atoms with Crippen molar-refractivity contribution < 1.29 is 9.53 Å². The van der Waals surface area contributed by atoms with E-state index in [1.54, 1.807) is 7.11 Å². The van der Waals surface area contributed by atoms with Gasteiger partial charge in [-0.05, 0) is 25.2 Å². The van der Waals surface area contributed by atoms with Gasteiger partial charge in [0.25, 0.3) is 0 Å². The molecule has 1 aliphatic carbocycles. The first-order chi connectivity index (χ1) is 8.49. The van der Waals surface area contributed by atoms with Crippen molar-refractivity contribution in [3.8, 4) is 0 Å². The topological polar surface area (TPSA) is 67.9 Å². The van der Waals surface area contributed by atoms with Gasteiger partial charge in [0, 0.05) is 20.1 Å². The number of urea groups is 1. The average Bonchev–Trinajstić information content (AvgIpc) is 2.54. The molecular weight excluding hydrogens is 230 g/mol. The Balaban J connectivity index is 2.26. The lowest BCUT2D eigenvalue weighted by atomic mass is 9.78. The number of hydrogen-bond acceptors (Lipinski definition) is 3. The van der Waals surface area contributed by atoms with Crippen LogP contribution >= 0.6 is 0 Å². The van der Waals surface area contributed by atoms with E-state index in [-0.39, 0.29) is 17.7 Å². The highest BCUT2D eigenvalue weighted by molar-refractivity contribution is 6.05. The number of aliphatic imine (C=N–C) groups is 1. The van der Waals surface area contributed by atoms with Crippen LogP contribution in [0.5, 0.6) is 0 Å². The number of methoxy groups -OCH3 is 1. The smallest absolute Gasteiger partial charge is 0.346 e. The molecule has 1 aliphatic heterocycles. The predicted octanol–water partition coefficient (Wildman–Crippen LogP) is 1.76. The molecule has 0 aromatic carbocycles. The fourth-order valence-corrected chi connectivity index (χ4v) is 3.09. The standard InChI is InChI=1S/C13H23N3O2/c1-9(2)8-16-12(17)15-11(14)13(16)6-4-5-10(7-13)18-3/h9-10H,4-8H2,1-3H3,(H2,14,15,17). The summed E-state index contributed by atoms with van der Waals surface area (Å²) in [6.45, 7) is 4.91. The Morgan fingerprint density at radius 3 is 2.94 bits per heavy atom. The number of rotatable bonds is 3. The normalized spacial score (nSPS) is 32.4. The van der Waals surface area contributed by atoms with Crippen LogP contribution in [0.3, 0.4) is 0 Å². The minimum absolute atomic E-state index is 0.174. The van der Waals surface area contributed by atoms with Crippen molar-refractivity contribution >= 4 is 11.9 Å². The van der Waals surface area contributed by atoms with Crippen molar-refractivity contribution in [2.24, 2.45) is 16.6 Å². The Morgan fingerprint density at radius 2 is 2.33 bits per heavy atom. The van der Waals surface area contributed by atoms with Crippen LogP contribution in [0, 0.1) is 5.92 Å². The van der Waals surface area contributed by atoms with Crippen LogP contribution in [0.25, 0.3) is 0 Å². The highest BCUT2D eigenvalue weighted by atomic mass is 16.5. The van der Waals surface area contributed by atoms with Gasteiger partial charge in [-0.25, -0.2) is 4.79 Å². The van der Waals surface area contributed by atoms with Crippen LogP contribution in [0.4, 0.5) is 4.79 Å². The molecule has 0 saturated heterocycles. The van der Waals surface area contributed by atoms with Gasteiger partial charge in [0.1, 0.15) is 11.4 Å². The van der Waals surface area contributed by atoms with Gasteiger partial charge >= 0.3 is 6.03 Å². The van der Waals surface area contributed by atoms with E-state index >= 15 is 0 Å². The van der Waals surface area contributed by atoms with E-state index in [2.05, 4.69) is 18.8 Å². The van der Waals surface area contributed by atoms with E-state index in [1.807, 2.05) is 4.90 Å². The van der Waals surface area contributed by atoms with Crippen LogP contribution in [0.2, 0.25) is 0 Å². The number of carbonyl (C=O) groups excluding carboxylic acids is 1. The van der Waals surface area contributed by atoms with E-state index in [0.29, 0.717) is 18.3 Å². The summed E-state index contributed by atoms with van der Waals surface area (Å²) in [6, 6.07) is -0.182. The minimum atomic E-state index is -0.389. The van der Waals surface area contributed by atoms with Gasteiger partial charge < -0.3 is 15.4 Å². The quantitative estimate of drug-likeness (QED) is 0.833. The molecule has 1 spiro atoms. The van der Waals surface area contributed by atoms with E-state index in [1.165, 1.54) is 0 Å². The summed E-state index contributed by atoms with van der Waals surface area (Å²) >= 11 is 0. The number of nitrogens with two attached hydrogens (primary N) is 1. The molecule has 0 radical (unpaired) electrons. The summed E-state index contributed by atoms with van der Waals surface area (Å²) in [5.41, 5.74) is 5.66. The molecular formula is C13H23N3O2. The lowest BCUT2D eigenvalue weighted by Gasteiger charge is -2.43. The first kappa shape index (κ1) is 13.3. The van der Waals surface area contributed by atoms with Crippen LogP contribution in [-0.2, 0) is 4.74 Å².